The van der Waals surface area contributed by atoms with Gasteiger partial charge in [0, 0.05) is 24.7 Å². The molecule has 0 aliphatic heterocycles. The van der Waals surface area contributed by atoms with E-state index in [0.29, 0.717) is 5.92 Å². The van der Waals surface area contributed by atoms with E-state index in [1.165, 1.54) is 12.8 Å². The molecule has 2 rings (SSSR count). The van der Waals surface area contributed by atoms with Gasteiger partial charge in [0.15, 0.2) is 0 Å². The first-order valence-electron chi connectivity index (χ1n) is 6.18. The minimum Gasteiger partial charge on any atom is -0.497 e. The van der Waals surface area contributed by atoms with Crippen LogP contribution in [0.5, 0.6) is 5.75 Å². The first-order chi connectivity index (χ1) is 8.22. The molecule has 92 valence electrons. The number of amidine groups is 1. The summed E-state index contributed by atoms with van der Waals surface area (Å²) in [5, 5.41) is 8.24. The topological polar surface area (TPSA) is 36.3 Å². The van der Waals surface area contributed by atoms with Gasteiger partial charge in [-0.1, -0.05) is 18.9 Å². The smallest absolute Gasteiger partial charge is 0.120 e. The number of hydrogen-bond donors (Lipinski definition) is 1. The average Bonchev–Trinajstić information content (AvgIpc) is 2.91. The van der Waals surface area contributed by atoms with Gasteiger partial charge in [0.2, 0.25) is 0 Å². The Balaban J connectivity index is 2.12. The van der Waals surface area contributed by atoms with Crippen molar-refractivity contribution in [1.29, 1.82) is 5.41 Å². The monoisotopic (exact) mass is 232 g/mol. The van der Waals surface area contributed by atoms with Crippen LogP contribution in [0.3, 0.4) is 0 Å². The number of nitrogens with one attached hydrogen (secondary N) is 1. The molecule has 1 aliphatic carbocycles. The highest BCUT2D eigenvalue weighted by Crippen LogP contribution is 2.29. The number of anilines is 1. The second-order valence-electron chi connectivity index (χ2n) is 4.63. The van der Waals surface area contributed by atoms with Crippen LogP contribution in [0, 0.1) is 11.3 Å². The third-order valence-electron chi connectivity index (χ3n) is 3.54. The Morgan fingerprint density at radius 3 is 2.71 bits per heavy atom. The SMILES string of the molecule is COc1cccc(N(C)C(=N)C2CCCC2)c1. The van der Waals surface area contributed by atoms with Crippen molar-refractivity contribution >= 4 is 11.5 Å². The Morgan fingerprint density at radius 2 is 2.06 bits per heavy atom. The van der Waals surface area contributed by atoms with Crippen LogP contribution in [0.4, 0.5) is 5.69 Å². The molecule has 0 unspecified atom stereocenters. The maximum absolute atomic E-state index is 8.24. The highest BCUT2D eigenvalue weighted by atomic mass is 16.5. The third-order valence-corrected chi connectivity index (χ3v) is 3.54. The molecule has 0 bridgehead atoms. The Labute approximate surface area is 103 Å². The number of nitrogens with zero attached hydrogens (tertiary/aromatic N) is 1. The molecule has 1 N–H and O–H groups in total. The largest absolute Gasteiger partial charge is 0.497 e. The van der Waals surface area contributed by atoms with E-state index in [1.54, 1.807) is 7.11 Å². The predicted molar refractivity (Wildman–Crippen MR) is 71.1 cm³/mol. The van der Waals surface area contributed by atoms with Crippen molar-refractivity contribution in [3.8, 4) is 5.75 Å². The zero-order valence-electron chi connectivity index (χ0n) is 10.6. The Hall–Kier alpha value is -1.51. The maximum Gasteiger partial charge on any atom is 0.120 e. The normalized spacial score (nSPS) is 15.9. The molecule has 0 amide bonds. The van der Waals surface area contributed by atoms with Crippen molar-refractivity contribution < 1.29 is 4.74 Å². The Morgan fingerprint density at radius 1 is 1.35 bits per heavy atom. The zero-order chi connectivity index (χ0) is 12.3. The Kier molecular flexibility index (Phi) is 3.67. The molecule has 0 aromatic heterocycles. The molecule has 1 aromatic rings. The average molecular weight is 232 g/mol. The van der Waals surface area contributed by atoms with E-state index in [4.69, 9.17) is 10.1 Å². The number of rotatable bonds is 3. The van der Waals surface area contributed by atoms with Crippen molar-refractivity contribution in [2.24, 2.45) is 5.92 Å². The van der Waals surface area contributed by atoms with Crippen molar-refractivity contribution in [2.75, 3.05) is 19.1 Å². The number of ether oxygens (including phenoxy) is 1. The predicted octanol–water partition coefficient (Wildman–Crippen LogP) is 3.30. The van der Waals surface area contributed by atoms with Gasteiger partial charge in [-0.3, -0.25) is 5.41 Å². The molecule has 0 saturated heterocycles. The summed E-state index contributed by atoms with van der Waals surface area (Å²) >= 11 is 0. The molecule has 0 heterocycles. The fourth-order valence-corrected chi connectivity index (χ4v) is 2.43. The maximum atomic E-state index is 8.24. The van der Waals surface area contributed by atoms with Crippen LogP contribution >= 0.6 is 0 Å². The van der Waals surface area contributed by atoms with Gasteiger partial charge in [0.1, 0.15) is 11.6 Å². The van der Waals surface area contributed by atoms with E-state index in [2.05, 4.69) is 0 Å². The molecule has 0 radical (unpaired) electrons. The summed E-state index contributed by atoms with van der Waals surface area (Å²) in [5.41, 5.74) is 1.03. The van der Waals surface area contributed by atoms with Crippen LogP contribution in [0.25, 0.3) is 0 Å². The number of hydrogen-bond acceptors (Lipinski definition) is 2. The molecule has 3 nitrogen and oxygen atoms in total. The van der Waals surface area contributed by atoms with E-state index in [0.717, 1.165) is 30.1 Å². The second-order valence-corrected chi connectivity index (χ2v) is 4.63. The van der Waals surface area contributed by atoms with Crippen LogP contribution in [0.2, 0.25) is 0 Å². The second kappa shape index (κ2) is 5.21. The molecule has 1 aromatic carbocycles. The standard InChI is InChI=1S/C14H20N2O/c1-16(14(15)11-6-3-4-7-11)12-8-5-9-13(10-12)17-2/h5,8-11,15H,3-4,6-7H2,1-2H3. The van der Waals surface area contributed by atoms with Crippen molar-refractivity contribution in [3.63, 3.8) is 0 Å². The third kappa shape index (κ3) is 2.60. The van der Waals surface area contributed by atoms with Crippen LogP contribution in [-0.4, -0.2) is 20.0 Å². The van der Waals surface area contributed by atoms with E-state index < -0.39 is 0 Å². The van der Waals surface area contributed by atoms with Gasteiger partial charge in [0.05, 0.1) is 7.11 Å². The molecule has 17 heavy (non-hydrogen) atoms. The van der Waals surface area contributed by atoms with Gasteiger partial charge >= 0.3 is 0 Å². The van der Waals surface area contributed by atoms with Gasteiger partial charge < -0.3 is 9.64 Å². The van der Waals surface area contributed by atoms with Crippen LogP contribution in [0.15, 0.2) is 24.3 Å². The Bertz CT molecular complexity index is 397. The summed E-state index contributed by atoms with van der Waals surface area (Å²) in [6.45, 7) is 0. The van der Waals surface area contributed by atoms with Crippen molar-refractivity contribution in [2.45, 2.75) is 25.7 Å². The number of benzene rings is 1. The van der Waals surface area contributed by atoms with Gasteiger partial charge in [-0.05, 0) is 25.0 Å². The summed E-state index contributed by atoms with van der Waals surface area (Å²) in [5.74, 6) is 2.01. The van der Waals surface area contributed by atoms with Gasteiger partial charge in [-0.15, -0.1) is 0 Å². The summed E-state index contributed by atoms with van der Waals surface area (Å²) in [7, 11) is 3.64. The highest BCUT2D eigenvalue weighted by Gasteiger charge is 2.22. The van der Waals surface area contributed by atoms with Crippen LogP contribution < -0.4 is 9.64 Å². The molecule has 1 aliphatic rings. The summed E-state index contributed by atoms with van der Waals surface area (Å²) < 4.78 is 5.21. The molecule has 0 spiro atoms. The first-order valence-corrected chi connectivity index (χ1v) is 6.18. The lowest BCUT2D eigenvalue weighted by Gasteiger charge is -2.24. The molecule has 3 heteroatoms. The lowest BCUT2D eigenvalue weighted by atomic mass is 10.1. The lowest BCUT2D eigenvalue weighted by molar-refractivity contribution is 0.415. The molecule has 1 saturated carbocycles. The minimum atomic E-state index is 0.436. The summed E-state index contributed by atoms with van der Waals surface area (Å²) in [6.07, 6.45) is 4.85. The summed E-state index contributed by atoms with van der Waals surface area (Å²) in [6, 6.07) is 7.89. The van der Waals surface area contributed by atoms with Crippen molar-refractivity contribution in [1.82, 2.24) is 0 Å². The van der Waals surface area contributed by atoms with E-state index in [-0.39, 0.29) is 0 Å². The summed E-state index contributed by atoms with van der Waals surface area (Å²) in [4.78, 5) is 1.97. The van der Waals surface area contributed by atoms with E-state index in [9.17, 15) is 0 Å². The number of methoxy groups -OCH3 is 1. The first kappa shape index (κ1) is 12.0. The molecule has 1 fully saturated rings. The molecule has 0 atom stereocenters. The highest BCUT2D eigenvalue weighted by molar-refractivity contribution is 5.96. The van der Waals surface area contributed by atoms with E-state index in [1.807, 2.05) is 36.2 Å². The molecular weight excluding hydrogens is 212 g/mol. The van der Waals surface area contributed by atoms with Crippen LogP contribution in [0.1, 0.15) is 25.7 Å². The quantitative estimate of drug-likeness (QED) is 0.641. The lowest BCUT2D eigenvalue weighted by Crippen LogP contribution is -2.30. The van der Waals surface area contributed by atoms with Gasteiger partial charge in [-0.25, -0.2) is 0 Å². The van der Waals surface area contributed by atoms with Gasteiger partial charge in [0.25, 0.3) is 0 Å². The van der Waals surface area contributed by atoms with E-state index >= 15 is 0 Å². The fourth-order valence-electron chi connectivity index (χ4n) is 2.43. The zero-order valence-corrected chi connectivity index (χ0v) is 10.6. The van der Waals surface area contributed by atoms with Crippen LogP contribution in [-0.2, 0) is 0 Å². The minimum absolute atomic E-state index is 0.436. The van der Waals surface area contributed by atoms with Gasteiger partial charge in [-0.2, -0.15) is 0 Å². The van der Waals surface area contributed by atoms with Crippen molar-refractivity contribution in [3.05, 3.63) is 24.3 Å². The fraction of sp³-hybridized carbons (Fsp3) is 0.500. The molecular formula is C14H20N2O.